The van der Waals surface area contributed by atoms with Gasteiger partial charge in [-0.3, -0.25) is 4.79 Å². The largest absolute Gasteiger partial charge is 0.350 e. The standard InChI is InChI=1S/C16H24N2O.ClH/c1-2-13-8-4-5-9-14(13)12-18-15(19)16(17)10-6-3-7-11-16;/h4-5,8-9H,2-3,6-7,10-12,17H2,1H3,(H,18,19);1H. The van der Waals surface area contributed by atoms with Crippen LogP contribution in [0.5, 0.6) is 0 Å². The fourth-order valence-corrected chi connectivity index (χ4v) is 2.84. The Morgan fingerprint density at radius 3 is 2.40 bits per heavy atom. The molecule has 3 nitrogen and oxygen atoms in total. The normalized spacial score (nSPS) is 17.1. The quantitative estimate of drug-likeness (QED) is 0.897. The summed E-state index contributed by atoms with van der Waals surface area (Å²) < 4.78 is 0. The number of carbonyl (C=O) groups is 1. The maximum atomic E-state index is 12.3. The minimum atomic E-state index is -0.639. The lowest BCUT2D eigenvalue weighted by Crippen LogP contribution is -2.54. The van der Waals surface area contributed by atoms with Crippen molar-refractivity contribution in [3.05, 3.63) is 35.4 Å². The molecule has 0 saturated heterocycles. The number of nitrogens with two attached hydrogens (primary N) is 1. The molecule has 3 N–H and O–H groups in total. The first-order chi connectivity index (χ1) is 9.15. The molecule has 1 saturated carbocycles. The van der Waals surface area contributed by atoms with Gasteiger partial charge in [0.15, 0.2) is 0 Å². The molecule has 0 unspecified atom stereocenters. The monoisotopic (exact) mass is 296 g/mol. The molecule has 1 fully saturated rings. The van der Waals surface area contributed by atoms with Gasteiger partial charge in [-0.15, -0.1) is 12.4 Å². The Hall–Kier alpha value is -1.06. The lowest BCUT2D eigenvalue weighted by atomic mass is 9.82. The van der Waals surface area contributed by atoms with Crippen molar-refractivity contribution >= 4 is 18.3 Å². The van der Waals surface area contributed by atoms with Gasteiger partial charge in [-0.05, 0) is 30.4 Å². The number of hydrogen-bond donors (Lipinski definition) is 2. The van der Waals surface area contributed by atoms with Crippen molar-refractivity contribution < 1.29 is 4.79 Å². The summed E-state index contributed by atoms with van der Waals surface area (Å²) in [5.41, 5.74) is 8.07. The van der Waals surface area contributed by atoms with Gasteiger partial charge in [0.05, 0.1) is 5.54 Å². The number of halogens is 1. The summed E-state index contributed by atoms with van der Waals surface area (Å²) in [6.07, 6.45) is 5.94. The summed E-state index contributed by atoms with van der Waals surface area (Å²) in [6, 6.07) is 8.23. The number of hydrogen-bond acceptors (Lipinski definition) is 2. The number of amides is 1. The molecule has 1 aromatic rings. The summed E-state index contributed by atoms with van der Waals surface area (Å²) in [5, 5.41) is 3.02. The van der Waals surface area contributed by atoms with Crippen LogP contribution in [0.3, 0.4) is 0 Å². The highest BCUT2D eigenvalue weighted by Gasteiger charge is 2.34. The van der Waals surface area contributed by atoms with Crippen LogP contribution in [-0.2, 0) is 17.8 Å². The van der Waals surface area contributed by atoms with E-state index in [1.54, 1.807) is 0 Å². The Labute approximate surface area is 127 Å². The van der Waals surface area contributed by atoms with Crippen LogP contribution in [0.2, 0.25) is 0 Å². The molecule has 0 spiro atoms. The van der Waals surface area contributed by atoms with E-state index < -0.39 is 5.54 Å². The van der Waals surface area contributed by atoms with Crippen LogP contribution in [0.1, 0.15) is 50.2 Å². The summed E-state index contributed by atoms with van der Waals surface area (Å²) in [7, 11) is 0. The Bertz CT molecular complexity index is 442. The SMILES string of the molecule is CCc1ccccc1CNC(=O)C1(N)CCCCC1.Cl. The van der Waals surface area contributed by atoms with Crippen molar-refractivity contribution in [1.82, 2.24) is 5.32 Å². The van der Waals surface area contributed by atoms with Crippen molar-refractivity contribution in [3.8, 4) is 0 Å². The second kappa shape index (κ2) is 7.65. The van der Waals surface area contributed by atoms with E-state index in [0.29, 0.717) is 6.54 Å². The summed E-state index contributed by atoms with van der Waals surface area (Å²) in [5.74, 6) is 0.0121. The molecule has 0 aliphatic heterocycles. The van der Waals surface area contributed by atoms with Gasteiger partial charge >= 0.3 is 0 Å². The number of aryl methyl sites for hydroxylation is 1. The van der Waals surface area contributed by atoms with E-state index in [2.05, 4.69) is 24.4 Å². The third-order valence-corrected chi connectivity index (χ3v) is 4.14. The zero-order valence-corrected chi connectivity index (χ0v) is 13.0. The molecule has 2 rings (SSSR count). The van der Waals surface area contributed by atoms with Gasteiger partial charge < -0.3 is 11.1 Å². The first-order valence-corrected chi connectivity index (χ1v) is 7.30. The first-order valence-electron chi connectivity index (χ1n) is 7.30. The van der Waals surface area contributed by atoms with E-state index in [9.17, 15) is 4.79 Å². The van der Waals surface area contributed by atoms with Crippen LogP contribution >= 0.6 is 12.4 Å². The molecule has 1 aliphatic carbocycles. The average molecular weight is 297 g/mol. The summed E-state index contributed by atoms with van der Waals surface area (Å²) in [6.45, 7) is 2.72. The molecule has 20 heavy (non-hydrogen) atoms. The number of rotatable bonds is 4. The molecule has 1 amide bonds. The van der Waals surface area contributed by atoms with Crippen molar-refractivity contribution in [2.75, 3.05) is 0 Å². The minimum Gasteiger partial charge on any atom is -0.350 e. The molecular weight excluding hydrogens is 272 g/mol. The van der Waals surface area contributed by atoms with Crippen molar-refractivity contribution in [1.29, 1.82) is 0 Å². The fraction of sp³-hybridized carbons (Fsp3) is 0.562. The molecule has 0 heterocycles. The van der Waals surface area contributed by atoms with E-state index in [1.807, 2.05) is 12.1 Å². The Morgan fingerprint density at radius 1 is 1.20 bits per heavy atom. The molecular formula is C16H25ClN2O. The highest BCUT2D eigenvalue weighted by Crippen LogP contribution is 2.26. The van der Waals surface area contributed by atoms with E-state index >= 15 is 0 Å². The van der Waals surface area contributed by atoms with Crippen LogP contribution < -0.4 is 11.1 Å². The maximum absolute atomic E-state index is 12.3. The minimum absolute atomic E-state index is 0. The summed E-state index contributed by atoms with van der Waals surface area (Å²) in [4.78, 5) is 12.3. The van der Waals surface area contributed by atoms with Crippen molar-refractivity contribution in [3.63, 3.8) is 0 Å². The molecule has 0 atom stereocenters. The zero-order chi connectivity index (χ0) is 13.7. The molecule has 1 aromatic carbocycles. The van der Waals surface area contributed by atoms with E-state index in [0.717, 1.165) is 32.1 Å². The Balaban J connectivity index is 0.00000200. The highest BCUT2D eigenvalue weighted by atomic mass is 35.5. The van der Waals surface area contributed by atoms with E-state index in [-0.39, 0.29) is 18.3 Å². The second-order valence-corrected chi connectivity index (χ2v) is 5.52. The van der Waals surface area contributed by atoms with Gasteiger partial charge in [0, 0.05) is 6.54 Å². The van der Waals surface area contributed by atoms with Crippen LogP contribution in [0.15, 0.2) is 24.3 Å². The second-order valence-electron chi connectivity index (χ2n) is 5.52. The number of carbonyl (C=O) groups excluding carboxylic acids is 1. The van der Waals surface area contributed by atoms with E-state index in [4.69, 9.17) is 5.73 Å². The van der Waals surface area contributed by atoms with Crippen LogP contribution in [-0.4, -0.2) is 11.4 Å². The van der Waals surface area contributed by atoms with Crippen molar-refractivity contribution in [2.45, 2.75) is 57.5 Å². The number of nitrogens with one attached hydrogen (secondary N) is 1. The summed E-state index contributed by atoms with van der Waals surface area (Å²) >= 11 is 0. The molecule has 4 heteroatoms. The van der Waals surface area contributed by atoms with Gasteiger partial charge in [0.25, 0.3) is 0 Å². The van der Waals surface area contributed by atoms with Gasteiger partial charge in [0.2, 0.25) is 5.91 Å². The highest BCUT2D eigenvalue weighted by molar-refractivity contribution is 5.86. The van der Waals surface area contributed by atoms with Gasteiger partial charge in [-0.25, -0.2) is 0 Å². The first kappa shape index (κ1) is 17.0. The molecule has 0 aromatic heterocycles. The zero-order valence-electron chi connectivity index (χ0n) is 12.2. The predicted molar refractivity (Wildman–Crippen MR) is 84.9 cm³/mol. The Morgan fingerprint density at radius 2 is 1.80 bits per heavy atom. The van der Waals surface area contributed by atoms with Crippen LogP contribution in [0.25, 0.3) is 0 Å². The molecule has 1 aliphatic rings. The van der Waals surface area contributed by atoms with Gasteiger partial charge in [-0.2, -0.15) is 0 Å². The lowest BCUT2D eigenvalue weighted by molar-refractivity contribution is -0.127. The number of benzene rings is 1. The topological polar surface area (TPSA) is 55.1 Å². The van der Waals surface area contributed by atoms with Crippen LogP contribution in [0, 0.1) is 0 Å². The molecule has 112 valence electrons. The van der Waals surface area contributed by atoms with Crippen LogP contribution in [0.4, 0.5) is 0 Å². The third-order valence-electron chi connectivity index (χ3n) is 4.14. The molecule has 0 bridgehead atoms. The predicted octanol–water partition coefficient (Wildman–Crippen LogP) is 2.95. The average Bonchev–Trinajstić information content (AvgIpc) is 2.45. The smallest absolute Gasteiger partial charge is 0.240 e. The van der Waals surface area contributed by atoms with Gasteiger partial charge in [-0.1, -0.05) is 50.5 Å². The Kier molecular flexibility index (Phi) is 6.50. The molecule has 0 radical (unpaired) electrons. The maximum Gasteiger partial charge on any atom is 0.240 e. The fourth-order valence-electron chi connectivity index (χ4n) is 2.84. The van der Waals surface area contributed by atoms with Gasteiger partial charge in [0.1, 0.15) is 0 Å². The third kappa shape index (κ3) is 3.97. The van der Waals surface area contributed by atoms with Crippen molar-refractivity contribution in [2.24, 2.45) is 5.73 Å². The lowest BCUT2D eigenvalue weighted by Gasteiger charge is -2.31. The van der Waals surface area contributed by atoms with E-state index in [1.165, 1.54) is 17.5 Å².